The standard InChI is InChI=1S/C10H17NO2/c1-9-2-6-4-10(12,13-9)5-7(3-9)8(6)11/h6-8,12H,2-5,11H2,1H3. The van der Waals surface area contributed by atoms with Crippen molar-refractivity contribution in [2.75, 3.05) is 0 Å². The van der Waals surface area contributed by atoms with Crippen LogP contribution in [0.1, 0.15) is 32.6 Å². The Balaban J connectivity index is 1.99. The highest BCUT2D eigenvalue weighted by Gasteiger charge is 2.59. The molecule has 3 nitrogen and oxygen atoms in total. The van der Waals surface area contributed by atoms with E-state index in [2.05, 4.69) is 6.92 Å². The second kappa shape index (κ2) is 2.10. The maximum Gasteiger partial charge on any atom is 0.166 e. The van der Waals surface area contributed by atoms with Gasteiger partial charge in [-0.25, -0.2) is 0 Å². The normalized spacial score (nSPS) is 64.4. The molecule has 2 aliphatic carbocycles. The highest BCUT2D eigenvalue weighted by atomic mass is 16.6. The monoisotopic (exact) mass is 183 g/mol. The van der Waals surface area contributed by atoms with Crippen LogP contribution >= 0.6 is 0 Å². The molecule has 0 aromatic rings. The summed E-state index contributed by atoms with van der Waals surface area (Å²) in [5, 5.41) is 10.1. The van der Waals surface area contributed by atoms with Gasteiger partial charge in [0.2, 0.25) is 0 Å². The topological polar surface area (TPSA) is 55.5 Å². The highest BCUT2D eigenvalue weighted by Crippen LogP contribution is 2.55. The van der Waals surface area contributed by atoms with Gasteiger partial charge >= 0.3 is 0 Å². The molecule has 4 fully saturated rings. The molecule has 2 saturated heterocycles. The van der Waals surface area contributed by atoms with E-state index in [1.165, 1.54) is 0 Å². The molecule has 2 atom stereocenters. The van der Waals surface area contributed by atoms with Crippen LogP contribution in [0.5, 0.6) is 0 Å². The van der Waals surface area contributed by atoms with Gasteiger partial charge in [0.1, 0.15) is 0 Å². The first kappa shape index (κ1) is 8.21. The number of aliphatic hydroxyl groups is 1. The number of hydrogen-bond acceptors (Lipinski definition) is 3. The van der Waals surface area contributed by atoms with E-state index in [4.69, 9.17) is 10.5 Å². The van der Waals surface area contributed by atoms with Gasteiger partial charge in [0, 0.05) is 18.9 Å². The molecular formula is C10H17NO2. The predicted octanol–water partition coefficient (Wildman–Crippen LogP) is 0.611. The van der Waals surface area contributed by atoms with Crippen molar-refractivity contribution in [1.29, 1.82) is 0 Å². The zero-order valence-corrected chi connectivity index (χ0v) is 7.99. The molecular weight excluding hydrogens is 166 g/mol. The zero-order chi connectivity index (χ0) is 9.27. The Morgan fingerprint density at radius 2 is 1.77 bits per heavy atom. The van der Waals surface area contributed by atoms with E-state index in [0.717, 1.165) is 25.7 Å². The Kier molecular flexibility index (Phi) is 1.33. The quantitative estimate of drug-likeness (QED) is 0.578. The number of nitrogens with two attached hydrogens (primary N) is 1. The van der Waals surface area contributed by atoms with E-state index in [-0.39, 0.29) is 5.60 Å². The van der Waals surface area contributed by atoms with Crippen molar-refractivity contribution in [1.82, 2.24) is 0 Å². The van der Waals surface area contributed by atoms with Crippen molar-refractivity contribution >= 4 is 0 Å². The lowest BCUT2D eigenvalue weighted by Gasteiger charge is -2.61. The molecule has 4 bridgehead atoms. The molecule has 2 heterocycles. The van der Waals surface area contributed by atoms with Gasteiger partial charge in [-0.2, -0.15) is 0 Å². The summed E-state index contributed by atoms with van der Waals surface area (Å²) < 4.78 is 5.75. The van der Waals surface area contributed by atoms with Gasteiger partial charge in [0.25, 0.3) is 0 Å². The third kappa shape index (κ3) is 1.01. The van der Waals surface area contributed by atoms with Gasteiger partial charge in [-0.15, -0.1) is 0 Å². The van der Waals surface area contributed by atoms with Crippen molar-refractivity contribution in [3.63, 3.8) is 0 Å². The average Bonchev–Trinajstić information content (AvgIpc) is 1.94. The summed E-state index contributed by atoms with van der Waals surface area (Å²) >= 11 is 0. The lowest BCUT2D eigenvalue weighted by atomic mass is 9.59. The molecule has 4 aliphatic rings. The SMILES string of the molecule is CC12CC3CC(O)(CC(C1)C3N)O2. The minimum absolute atomic E-state index is 0.0869. The minimum atomic E-state index is -0.837. The number of rotatable bonds is 0. The molecule has 3 heteroatoms. The van der Waals surface area contributed by atoms with Gasteiger partial charge in [0.15, 0.2) is 5.79 Å². The van der Waals surface area contributed by atoms with Crippen LogP contribution in [0.4, 0.5) is 0 Å². The van der Waals surface area contributed by atoms with Gasteiger partial charge in [-0.1, -0.05) is 0 Å². The number of hydrogen-bond donors (Lipinski definition) is 2. The Bertz CT molecular complexity index is 217. The molecule has 0 spiro atoms. The third-order valence-electron chi connectivity index (χ3n) is 4.08. The van der Waals surface area contributed by atoms with Crippen LogP contribution in [-0.2, 0) is 4.74 Å². The summed E-state index contributed by atoms with van der Waals surface area (Å²) in [6.07, 6.45) is 3.57. The zero-order valence-electron chi connectivity index (χ0n) is 7.99. The molecule has 0 amide bonds. The Morgan fingerprint density at radius 1 is 1.23 bits per heavy atom. The van der Waals surface area contributed by atoms with Crippen LogP contribution in [0.2, 0.25) is 0 Å². The first-order valence-corrected chi connectivity index (χ1v) is 5.18. The van der Waals surface area contributed by atoms with Gasteiger partial charge in [-0.3, -0.25) is 0 Å². The second-order valence-electron chi connectivity index (χ2n) is 5.41. The lowest BCUT2D eigenvalue weighted by Crippen LogP contribution is -2.66. The fraction of sp³-hybridized carbons (Fsp3) is 1.00. The van der Waals surface area contributed by atoms with Crippen LogP contribution in [0, 0.1) is 11.8 Å². The minimum Gasteiger partial charge on any atom is -0.365 e. The van der Waals surface area contributed by atoms with Crippen LogP contribution < -0.4 is 5.73 Å². The molecule has 3 N–H and O–H groups in total. The Labute approximate surface area is 78.3 Å². The van der Waals surface area contributed by atoms with Crippen LogP contribution in [0.25, 0.3) is 0 Å². The summed E-state index contributed by atoms with van der Waals surface area (Å²) in [6, 6.07) is 0.303. The summed E-state index contributed by atoms with van der Waals surface area (Å²) in [7, 11) is 0. The predicted molar refractivity (Wildman–Crippen MR) is 47.9 cm³/mol. The van der Waals surface area contributed by atoms with Crippen molar-refractivity contribution in [2.24, 2.45) is 17.6 Å². The van der Waals surface area contributed by atoms with Gasteiger partial charge < -0.3 is 15.6 Å². The van der Waals surface area contributed by atoms with E-state index in [0.29, 0.717) is 17.9 Å². The van der Waals surface area contributed by atoms with Gasteiger partial charge in [-0.05, 0) is 31.6 Å². The maximum absolute atomic E-state index is 10.1. The second-order valence-corrected chi connectivity index (χ2v) is 5.41. The average molecular weight is 183 g/mol. The number of ether oxygens (including phenoxy) is 1. The third-order valence-corrected chi connectivity index (χ3v) is 4.08. The summed E-state index contributed by atoms with van der Waals surface area (Å²) in [5.74, 6) is 0.128. The van der Waals surface area contributed by atoms with Crippen molar-refractivity contribution < 1.29 is 9.84 Å². The van der Waals surface area contributed by atoms with Crippen molar-refractivity contribution in [3.05, 3.63) is 0 Å². The summed E-state index contributed by atoms with van der Waals surface area (Å²) in [4.78, 5) is 0. The Hall–Kier alpha value is -0.120. The van der Waals surface area contributed by atoms with Crippen LogP contribution in [0.15, 0.2) is 0 Å². The molecule has 2 unspecified atom stereocenters. The fourth-order valence-electron chi connectivity index (χ4n) is 3.79. The van der Waals surface area contributed by atoms with E-state index >= 15 is 0 Å². The smallest absolute Gasteiger partial charge is 0.166 e. The van der Waals surface area contributed by atoms with Crippen molar-refractivity contribution in [3.8, 4) is 0 Å². The molecule has 4 rings (SSSR count). The maximum atomic E-state index is 10.1. The molecule has 13 heavy (non-hydrogen) atoms. The lowest BCUT2D eigenvalue weighted by molar-refractivity contribution is -0.353. The van der Waals surface area contributed by atoms with E-state index in [1.54, 1.807) is 0 Å². The fourth-order valence-corrected chi connectivity index (χ4v) is 3.79. The van der Waals surface area contributed by atoms with Crippen LogP contribution in [-0.4, -0.2) is 22.5 Å². The molecule has 2 aliphatic heterocycles. The first-order chi connectivity index (χ1) is 6.00. The Morgan fingerprint density at radius 3 is 2.23 bits per heavy atom. The highest BCUT2D eigenvalue weighted by molar-refractivity contribution is 5.07. The largest absolute Gasteiger partial charge is 0.365 e. The van der Waals surface area contributed by atoms with E-state index in [9.17, 15) is 5.11 Å². The van der Waals surface area contributed by atoms with E-state index < -0.39 is 5.79 Å². The summed E-state index contributed by atoms with van der Waals surface area (Å²) in [6.45, 7) is 2.11. The first-order valence-electron chi connectivity index (χ1n) is 5.18. The molecule has 2 saturated carbocycles. The van der Waals surface area contributed by atoms with E-state index in [1.807, 2.05) is 0 Å². The molecule has 74 valence electrons. The van der Waals surface area contributed by atoms with Crippen molar-refractivity contribution in [2.45, 2.75) is 50.0 Å². The van der Waals surface area contributed by atoms with Crippen LogP contribution in [0.3, 0.4) is 0 Å². The molecule has 0 aromatic carbocycles. The molecule has 0 radical (unpaired) electrons. The van der Waals surface area contributed by atoms with Gasteiger partial charge in [0.05, 0.1) is 5.60 Å². The summed E-state index contributed by atoms with van der Waals surface area (Å²) in [5.41, 5.74) is 6.03. The molecule has 0 aromatic heterocycles.